The molecule has 3 nitrogen and oxygen atoms in total. The maximum Gasteiger partial charge on any atom is 0.197 e. The lowest BCUT2D eigenvalue weighted by atomic mass is 10.0. The summed E-state index contributed by atoms with van der Waals surface area (Å²) in [6.45, 7) is 0. The van der Waals surface area contributed by atoms with Crippen LogP contribution in [0.4, 0.5) is 20.8 Å². The molecule has 0 bridgehead atoms. The number of hydrogen-bond donors (Lipinski definition) is 0. The molecule has 0 fully saturated rings. The van der Waals surface area contributed by atoms with Gasteiger partial charge in [-0.1, -0.05) is 48.2 Å². The van der Waals surface area contributed by atoms with Gasteiger partial charge in [0.2, 0.25) is 0 Å². The third-order valence-electron chi connectivity index (χ3n) is 6.47. The van der Waals surface area contributed by atoms with Crippen LogP contribution in [0.15, 0.2) is 106 Å². The van der Waals surface area contributed by atoms with E-state index in [9.17, 15) is 14.0 Å². The van der Waals surface area contributed by atoms with E-state index < -0.39 is 0 Å². The van der Waals surface area contributed by atoms with Gasteiger partial charge < -0.3 is 0 Å². The number of thiophene rings is 1. The summed E-state index contributed by atoms with van der Waals surface area (Å²) < 4.78 is 14.0. The predicted octanol–water partition coefficient (Wildman–Crippen LogP) is 8.44. The summed E-state index contributed by atoms with van der Waals surface area (Å²) in [6, 6.07) is 28.1. The topological polar surface area (TPSA) is 37.4 Å². The number of carbonyl (C=O) groups is 2. The standard InChI is InChI=1S/C30H16FNO2S2/c31-19-9-11-25-27(15-19)36-26-8-4-3-7-24(26)32(25)28-12-10-20(35-28)16-23-29(33)21-13-17-5-1-2-6-18(17)14-22(21)30(23)34/h1-16H. The number of rotatable bonds is 2. The first-order valence-corrected chi connectivity index (χ1v) is 13.0. The fraction of sp³-hybridized carbons (Fsp3) is 0. The number of fused-ring (bicyclic) bond motifs is 4. The van der Waals surface area contributed by atoms with Crippen molar-refractivity contribution in [2.75, 3.05) is 4.90 Å². The van der Waals surface area contributed by atoms with Gasteiger partial charge in [0, 0.05) is 25.8 Å². The first-order valence-electron chi connectivity index (χ1n) is 11.4. The van der Waals surface area contributed by atoms with Crippen molar-refractivity contribution in [3.05, 3.63) is 118 Å². The lowest BCUT2D eigenvalue weighted by molar-refractivity contribution is 0.0990. The van der Waals surface area contributed by atoms with Crippen LogP contribution in [0.3, 0.4) is 0 Å². The second-order valence-electron chi connectivity index (χ2n) is 8.65. The largest absolute Gasteiger partial charge is 0.300 e. The number of Topliss-reactive ketones (excluding diaryl/α,β-unsaturated/α-hetero) is 2. The second-order valence-corrected chi connectivity index (χ2v) is 10.8. The molecule has 2 heterocycles. The fourth-order valence-corrected chi connectivity index (χ4v) is 6.85. The maximum absolute atomic E-state index is 14.0. The van der Waals surface area contributed by atoms with E-state index in [0.717, 1.165) is 41.8 Å². The summed E-state index contributed by atoms with van der Waals surface area (Å²) in [7, 11) is 0. The summed E-state index contributed by atoms with van der Waals surface area (Å²) in [6.07, 6.45) is 1.69. The summed E-state index contributed by atoms with van der Waals surface area (Å²) >= 11 is 3.03. The number of allylic oxidation sites excluding steroid dienone is 1. The molecular formula is C30H16FNO2S2. The van der Waals surface area contributed by atoms with E-state index in [1.807, 2.05) is 72.8 Å². The molecule has 0 saturated carbocycles. The van der Waals surface area contributed by atoms with Crippen LogP contribution in [0.1, 0.15) is 25.6 Å². The van der Waals surface area contributed by atoms with Gasteiger partial charge >= 0.3 is 0 Å². The highest BCUT2D eigenvalue weighted by Gasteiger charge is 2.34. The molecule has 6 heteroatoms. The lowest BCUT2D eigenvalue weighted by Crippen LogP contribution is -2.13. The van der Waals surface area contributed by atoms with Crippen molar-refractivity contribution in [1.29, 1.82) is 0 Å². The highest BCUT2D eigenvalue weighted by Crippen LogP contribution is 2.52. The summed E-state index contributed by atoms with van der Waals surface area (Å²) in [5.74, 6) is -0.754. The Labute approximate surface area is 214 Å². The molecule has 7 rings (SSSR count). The second kappa shape index (κ2) is 8.01. The molecule has 1 aliphatic carbocycles. The molecule has 0 amide bonds. The van der Waals surface area contributed by atoms with Crippen molar-refractivity contribution >= 4 is 67.9 Å². The highest BCUT2D eigenvalue weighted by atomic mass is 32.2. The number of para-hydroxylation sites is 1. The van der Waals surface area contributed by atoms with Gasteiger partial charge in [-0.15, -0.1) is 11.3 Å². The molecule has 4 aromatic carbocycles. The monoisotopic (exact) mass is 505 g/mol. The van der Waals surface area contributed by atoms with E-state index in [4.69, 9.17) is 0 Å². The van der Waals surface area contributed by atoms with Gasteiger partial charge in [-0.3, -0.25) is 14.5 Å². The Kier molecular flexibility index (Phi) is 4.74. The van der Waals surface area contributed by atoms with E-state index in [-0.39, 0.29) is 23.0 Å². The van der Waals surface area contributed by atoms with E-state index in [1.54, 1.807) is 30.0 Å². The quantitative estimate of drug-likeness (QED) is 0.175. The molecule has 0 unspecified atom stereocenters. The molecule has 0 N–H and O–H groups in total. The average molecular weight is 506 g/mol. The zero-order valence-corrected chi connectivity index (χ0v) is 20.3. The van der Waals surface area contributed by atoms with Gasteiger partial charge in [0.05, 0.1) is 16.9 Å². The summed E-state index contributed by atoms with van der Waals surface area (Å²) in [5.41, 5.74) is 3.01. The van der Waals surface area contributed by atoms with Crippen LogP contribution >= 0.6 is 23.1 Å². The molecule has 0 spiro atoms. The first kappa shape index (κ1) is 21.3. The average Bonchev–Trinajstić information content (AvgIpc) is 3.44. The Bertz CT molecular complexity index is 1730. The highest BCUT2D eigenvalue weighted by molar-refractivity contribution is 7.99. The van der Waals surface area contributed by atoms with Crippen LogP contribution in [0.25, 0.3) is 16.8 Å². The molecule has 2 aliphatic rings. The summed E-state index contributed by atoms with van der Waals surface area (Å²) in [5, 5.41) is 2.80. The van der Waals surface area contributed by atoms with Crippen molar-refractivity contribution in [2.45, 2.75) is 9.79 Å². The third-order valence-corrected chi connectivity index (χ3v) is 8.60. The molecule has 0 saturated heterocycles. The molecule has 36 heavy (non-hydrogen) atoms. The Balaban J connectivity index is 1.30. The van der Waals surface area contributed by atoms with Crippen LogP contribution in [0.5, 0.6) is 0 Å². The third kappa shape index (κ3) is 3.26. The lowest BCUT2D eigenvalue weighted by Gasteiger charge is -2.31. The van der Waals surface area contributed by atoms with Crippen LogP contribution in [-0.2, 0) is 0 Å². The molecule has 1 aromatic heterocycles. The predicted molar refractivity (Wildman–Crippen MR) is 144 cm³/mol. The Morgan fingerprint density at radius 3 is 2.11 bits per heavy atom. The van der Waals surface area contributed by atoms with Gasteiger partial charge in [0.15, 0.2) is 11.6 Å². The van der Waals surface area contributed by atoms with Crippen molar-refractivity contribution in [3.8, 4) is 0 Å². The van der Waals surface area contributed by atoms with Crippen LogP contribution in [0, 0.1) is 5.82 Å². The minimum absolute atomic E-state index is 0.186. The molecule has 172 valence electrons. The minimum Gasteiger partial charge on any atom is -0.300 e. The number of nitrogens with zero attached hydrogens (tertiary/aromatic N) is 1. The molecule has 0 radical (unpaired) electrons. The SMILES string of the molecule is O=C1C(=Cc2ccc(N3c4ccccc4Sc4cc(F)ccc43)s2)C(=O)c2cc3ccccc3cc21. The molecule has 0 atom stereocenters. The van der Waals surface area contributed by atoms with E-state index >= 15 is 0 Å². The number of ketones is 2. The van der Waals surface area contributed by atoms with Crippen molar-refractivity contribution in [2.24, 2.45) is 0 Å². The van der Waals surface area contributed by atoms with Gasteiger partial charge in [0.1, 0.15) is 10.8 Å². The molecule has 5 aromatic rings. The number of carbonyl (C=O) groups excluding carboxylic acids is 2. The van der Waals surface area contributed by atoms with Crippen LogP contribution in [0.2, 0.25) is 0 Å². The Morgan fingerprint density at radius 2 is 1.36 bits per heavy atom. The molecular weight excluding hydrogens is 489 g/mol. The van der Waals surface area contributed by atoms with E-state index in [2.05, 4.69) is 4.90 Å². The Hall–Kier alpha value is -4.00. The zero-order chi connectivity index (χ0) is 24.4. The van der Waals surface area contributed by atoms with Crippen molar-refractivity contribution in [3.63, 3.8) is 0 Å². The Morgan fingerprint density at radius 1 is 0.694 bits per heavy atom. The van der Waals surface area contributed by atoms with Gasteiger partial charge in [0.25, 0.3) is 0 Å². The van der Waals surface area contributed by atoms with Crippen LogP contribution < -0.4 is 4.90 Å². The number of hydrogen-bond acceptors (Lipinski definition) is 5. The fourth-order valence-electron chi connectivity index (χ4n) is 4.79. The van der Waals surface area contributed by atoms with Crippen molar-refractivity contribution < 1.29 is 14.0 Å². The zero-order valence-electron chi connectivity index (χ0n) is 18.7. The minimum atomic E-state index is -0.275. The van der Waals surface area contributed by atoms with Crippen molar-refractivity contribution in [1.82, 2.24) is 0 Å². The maximum atomic E-state index is 14.0. The van der Waals surface area contributed by atoms with Crippen LogP contribution in [-0.4, -0.2) is 11.6 Å². The van der Waals surface area contributed by atoms with Gasteiger partial charge in [-0.05, 0) is 71.4 Å². The number of benzene rings is 4. The molecule has 1 aliphatic heterocycles. The number of halogens is 1. The smallest absolute Gasteiger partial charge is 0.197 e. The van der Waals surface area contributed by atoms with Gasteiger partial charge in [-0.25, -0.2) is 4.39 Å². The first-order chi connectivity index (χ1) is 17.6. The summed E-state index contributed by atoms with van der Waals surface area (Å²) in [4.78, 5) is 31.2. The number of anilines is 3. The van der Waals surface area contributed by atoms with Gasteiger partial charge in [-0.2, -0.15) is 0 Å². The van der Waals surface area contributed by atoms with E-state index in [0.29, 0.717) is 11.1 Å². The normalized spacial score (nSPS) is 14.1. The van der Waals surface area contributed by atoms with E-state index in [1.165, 1.54) is 17.4 Å².